The van der Waals surface area contributed by atoms with Gasteiger partial charge in [0, 0.05) is 12.7 Å². The van der Waals surface area contributed by atoms with Crippen LogP contribution >= 0.6 is 11.8 Å². The van der Waals surface area contributed by atoms with E-state index in [1.54, 1.807) is 11.6 Å². The quantitative estimate of drug-likeness (QED) is 0.500. The van der Waals surface area contributed by atoms with E-state index in [4.69, 9.17) is 0 Å². The van der Waals surface area contributed by atoms with Crippen LogP contribution in [-0.2, 0) is 29.5 Å². The van der Waals surface area contributed by atoms with Gasteiger partial charge in [-0.3, -0.25) is 9.59 Å². The van der Waals surface area contributed by atoms with E-state index in [1.807, 2.05) is 68.4 Å². The Balaban J connectivity index is 1.52. The second-order valence-electron chi connectivity index (χ2n) is 7.18. The number of anilines is 1. The number of benzene rings is 2. The predicted octanol–water partition coefficient (Wildman–Crippen LogP) is 3.53. The fourth-order valence-corrected chi connectivity index (χ4v) is 3.89. The first-order chi connectivity index (χ1) is 15.0. The Labute approximate surface area is 186 Å². The number of thioether (sulfide) groups is 1. The molecule has 0 radical (unpaired) electrons. The van der Waals surface area contributed by atoms with Crippen LogP contribution in [0.3, 0.4) is 0 Å². The summed E-state index contributed by atoms with van der Waals surface area (Å²) in [6, 6.07) is 17.5. The average Bonchev–Trinajstić information content (AvgIpc) is 3.12. The molecule has 0 saturated heterocycles. The molecule has 2 amide bonds. The Morgan fingerprint density at radius 1 is 1.03 bits per heavy atom. The van der Waals surface area contributed by atoms with Crippen molar-refractivity contribution in [3.8, 4) is 0 Å². The van der Waals surface area contributed by atoms with Crippen molar-refractivity contribution in [1.82, 2.24) is 20.1 Å². The largest absolute Gasteiger partial charge is 0.349 e. The minimum Gasteiger partial charge on any atom is -0.349 e. The highest BCUT2D eigenvalue weighted by Crippen LogP contribution is 2.18. The fourth-order valence-electron chi connectivity index (χ4n) is 3.15. The molecule has 2 N–H and O–H groups in total. The molecular formula is C23H27N5O2S. The van der Waals surface area contributed by atoms with Crippen molar-refractivity contribution in [2.45, 2.75) is 37.9 Å². The molecule has 0 saturated carbocycles. The normalized spacial score (nSPS) is 11.7. The summed E-state index contributed by atoms with van der Waals surface area (Å²) < 4.78 is 1.75. The van der Waals surface area contributed by atoms with Crippen molar-refractivity contribution in [2.24, 2.45) is 7.05 Å². The van der Waals surface area contributed by atoms with Crippen molar-refractivity contribution < 1.29 is 9.59 Å². The molecule has 7 nitrogen and oxygen atoms in total. The van der Waals surface area contributed by atoms with Crippen LogP contribution in [0.4, 0.5) is 5.69 Å². The third kappa shape index (κ3) is 6.18. The third-order valence-electron chi connectivity index (χ3n) is 4.93. The SMILES string of the molecule is CCc1ccccc1NC(=O)Cc1nnc(SCC(=O)NC(C)c2ccccc2)n1C. The van der Waals surface area contributed by atoms with Gasteiger partial charge in [-0.05, 0) is 30.5 Å². The molecule has 8 heteroatoms. The first-order valence-corrected chi connectivity index (χ1v) is 11.2. The molecule has 0 spiro atoms. The first-order valence-electron chi connectivity index (χ1n) is 10.2. The molecule has 162 valence electrons. The van der Waals surface area contributed by atoms with Crippen LogP contribution in [0.5, 0.6) is 0 Å². The number of aryl methyl sites for hydroxylation is 1. The zero-order chi connectivity index (χ0) is 22.2. The van der Waals surface area contributed by atoms with Crippen molar-refractivity contribution in [3.05, 3.63) is 71.5 Å². The van der Waals surface area contributed by atoms with Gasteiger partial charge in [0.05, 0.1) is 18.2 Å². The Morgan fingerprint density at radius 2 is 1.74 bits per heavy atom. The Kier molecular flexibility index (Phi) is 7.83. The van der Waals surface area contributed by atoms with Gasteiger partial charge in [0.25, 0.3) is 0 Å². The molecule has 2 aromatic carbocycles. The van der Waals surface area contributed by atoms with Gasteiger partial charge in [-0.25, -0.2) is 0 Å². The van der Waals surface area contributed by atoms with Crippen molar-refractivity contribution in [3.63, 3.8) is 0 Å². The summed E-state index contributed by atoms with van der Waals surface area (Å²) in [5.74, 6) is 0.536. The highest BCUT2D eigenvalue weighted by Gasteiger charge is 2.16. The van der Waals surface area contributed by atoms with Gasteiger partial charge >= 0.3 is 0 Å². The Hall–Kier alpha value is -3.13. The average molecular weight is 438 g/mol. The summed E-state index contributed by atoms with van der Waals surface area (Å²) in [5.41, 5.74) is 2.95. The van der Waals surface area contributed by atoms with E-state index in [2.05, 4.69) is 20.8 Å². The van der Waals surface area contributed by atoms with Crippen molar-refractivity contribution in [1.29, 1.82) is 0 Å². The van der Waals surface area contributed by atoms with E-state index in [9.17, 15) is 9.59 Å². The molecule has 3 rings (SSSR count). The van der Waals surface area contributed by atoms with Gasteiger partial charge in [-0.2, -0.15) is 0 Å². The van der Waals surface area contributed by atoms with Gasteiger partial charge in [0.15, 0.2) is 5.16 Å². The van der Waals surface area contributed by atoms with Gasteiger partial charge in [-0.15, -0.1) is 10.2 Å². The lowest BCUT2D eigenvalue weighted by atomic mass is 10.1. The molecule has 0 aliphatic heterocycles. The van der Waals surface area contributed by atoms with E-state index < -0.39 is 0 Å². The van der Waals surface area contributed by atoms with E-state index in [0.29, 0.717) is 11.0 Å². The van der Waals surface area contributed by atoms with Crippen LogP contribution in [0.2, 0.25) is 0 Å². The maximum absolute atomic E-state index is 12.5. The van der Waals surface area contributed by atoms with Crippen LogP contribution in [-0.4, -0.2) is 32.3 Å². The highest BCUT2D eigenvalue weighted by molar-refractivity contribution is 7.99. The molecule has 0 bridgehead atoms. The molecule has 1 unspecified atom stereocenters. The lowest BCUT2D eigenvalue weighted by Gasteiger charge is -2.14. The lowest BCUT2D eigenvalue weighted by molar-refractivity contribution is -0.119. The molecule has 31 heavy (non-hydrogen) atoms. The number of carbonyl (C=O) groups is 2. The highest BCUT2D eigenvalue weighted by atomic mass is 32.2. The number of carbonyl (C=O) groups excluding carboxylic acids is 2. The summed E-state index contributed by atoms with van der Waals surface area (Å²) >= 11 is 1.30. The molecule has 0 aliphatic carbocycles. The van der Waals surface area contributed by atoms with Crippen LogP contribution in [0.1, 0.15) is 36.8 Å². The third-order valence-corrected chi connectivity index (χ3v) is 5.95. The summed E-state index contributed by atoms with van der Waals surface area (Å²) in [6.07, 6.45) is 0.950. The Morgan fingerprint density at radius 3 is 2.48 bits per heavy atom. The molecule has 1 aromatic heterocycles. The van der Waals surface area contributed by atoms with Gasteiger partial charge in [0.1, 0.15) is 5.82 Å². The van der Waals surface area contributed by atoms with Gasteiger partial charge in [0.2, 0.25) is 11.8 Å². The minimum absolute atomic E-state index is 0.0703. The molecule has 3 aromatic rings. The van der Waals surface area contributed by atoms with Crippen LogP contribution < -0.4 is 10.6 Å². The van der Waals surface area contributed by atoms with Gasteiger partial charge in [-0.1, -0.05) is 67.2 Å². The zero-order valence-corrected chi connectivity index (χ0v) is 18.8. The van der Waals surface area contributed by atoms with Crippen LogP contribution in [0, 0.1) is 0 Å². The first kappa shape index (κ1) is 22.6. The number of hydrogen-bond donors (Lipinski definition) is 2. The lowest BCUT2D eigenvalue weighted by Crippen LogP contribution is -2.28. The van der Waals surface area contributed by atoms with Crippen LogP contribution in [0.15, 0.2) is 59.8 Å². The monoisotopic (exact) mass is 437 g/mol. The number of amides is 2. The maximum atomic E-state index is 12.5. The topological polar surface area (TPSA) is 88.9 Å². The zero-order valence-electron chi connectivity index (χ0n) is 18.0. The number of rotatable bonds is 9. The Bertz CT molecular complexity index is 1040. The molecule has 0 fully saturated rings. The second-order valence-corrected chi connectivity index (χ2v) is 8.12. The number of hydrogen-bond acceptors (Lipinski definition) is 5. The number of aromatic nitrogens is 3. The molecular weight excluding hydrogens is 410 g/mol. The van der Waals surface area contributed by atoms with Crippen LogP contribution in [0.25, 0.3) is 0 Å². The van der Waals surface area contributed by atoms with E-state index >= 15 is 0 Å². The smallest absolute Gasteiger partial charge is 0.232 e. The second kappa shape index (κ2) is 10.8. The molecule has 0 aliphatic rings. The predicted molar refractivity (Wildman–Crippen MR) is 123 cm³/mol. The fraction of sp³-hybridized carbons (Fsp3) is 0.304. The number of para-hydroxylation sites is 1. The van der Waals surface area contributed by atoms with E-state index in [1.165, 1.54) is 11.8 Å². The standard InChI is InChI=1S/C23H27N5O2S/c1-4-17-10-8-9-13-19(17)25-21(29)14-20-26-27-23(28(20)3)31-15-22(30)24-16(2)18-11-6-5-7-12-18/h5-13,16H,4,14-15H2,1-3H3,(H,24,30)(H,25,29). The van der Waals surface area contributed by atoms with E-state index in [0.717, 1.165) is 23.2 Å². The minimum atomic E-state index is -0.151. The van der Waals surface area contributed by atoms with Crippen molar-refractivity contribution >= 4 is 29.3 Å². The van der Waals surface area contributed by atoms with E-state index in [-0.39, 0.29) is 30.0 Å². The van der Waals surface area contributed by atoms with Gasteiger partial charge < -0.3 is 15.2 Å². The molecule has 1 atom stereocenters. The molecule has 1 heterocycles. The number of nitrogens with zero attached hydrogens (tertiary/aromatic N) is 3. The summed E-state index contributed by atoms with van der Waals surface area (Å²) in [7, 11) is 1.80. The summed E-state index contributed by atoms with van der Waals surface area (Å²) in [5, 5.41) is 14.8. The number of nitrogens with one attached hydrogen (secondary N) is 2. The maximum Gasteiger partial charge on any atom is 0.232 e. The summed E-state index contributed by atoms with van der Waals surface area (Å²) in [4.78, 5) is 24.8. The summed E-state index contributed by atoms with van der Waals surface area (Å²) in [6.45, 7) is 4.00. The van der Waals surface area contributed by atoms with Crippen molar-refractivity contribution in [2.75, 3.05) is 11.1 Å².